The van der Waals surface area contributed by atoms with Gasteiger partial charge in [0.2, 0.25) is 0 Å². The van der Waals surface area contributed by atoms with E-state index in [9.17, 15) is 0 Å². The molecule has 0 atom stereocenters. The number of hydrogen-bond donors (Lipinski definition) is 2. The Bertz CT molecular complexity index is 582. The second-order valence-electron chi connectivity index (χ2n) is 3.93. The first-order valence-electron chi connectivity index (χ1n) is 5.88. The second-order valence-corrected chi connectivity index (χ2v) is 4.99. The topological polar surface area (TPSA) is 98.5 Å². The highest BCUT2D eigenvalue weighted by molar-refractivity contribution is 7.99. The van der Waals surface area contributed by atoms with Crippen molar-refractivity contribution in [2.75, 3.05) is 12.4 Å². The van der Waals surface area contributed by atoms with Crippen molar-refractivity contribution in [1.29, 1.82) is 0 Å². The van der Waals surface area contributed by atoms with Gasteiger partial charge in [-0.1, -0.05) is 16.9 Å². The first-order valence-corrected chi connectivity index (χ1v) is 6.87. The van der Waals surface area contributed by atoms with Crippen molar-refractivity contribution in [3.63, 3.8) is 0 Å². The zero-order valence-corrected chi connectivity index (χ0v) is 11.7. The molecular weight excluding hydrogens is 278 g/mol. The van der Waals surface area contributed by atoms with Crippen LogP contribution in [0.15, 0.2) is 40.9 Å². The molecule has 2 aromatic rings. The first kappa shape index (κ1) is 14.2. The van der Waals surface area contributed by atoms with Crippen LogP contribution in [0.1, 0.15) is 5.56 Å². The van der Waals surface area contributed by atoms with Gasteiger partial charge in [0.05, 0.1) is 6.61 Å². The lowest BCUT2D eigenvalue weighted by Gasteiger charge is -2.06. The van der Waals surface area contributed by atoms with E-state index in [1.807, 2.05) is 11.6 Å². The average Bonchev–Trinajstić information content (AvgIpc) is 2.89. The molecule has 0 amide bonds. The molecule has 1 aromatic carbocycles. The number of amidine groups is 1. The third-order valence-electron chi connectivity index (χ3n) is 2.51. The van der Waals surface area contributed by atoms with Gasteiger partial charge in [0.1, 0.15) is 12.1 Å². The van der Waals surface area contributed by atoms with E-state index in [0.29, 0.717) is 12.2 Å². The highest BCUT2D eigenvalue weighted by atomic mass is 32.2. The minimum atomic E-state index is 0.0781. The summed E-state index contributed by atoms with van der Waals surface area (Å²) in [4.78, 5) is 0. The van der Waals surface area contributed by atoms with E-state index < -0.39 is 0 Å². The van der Waals surface area contributed by atoms with E-state index in [4.69, 9.17) is 15.7 Å². The van der Waals surface area contributed by atoms with E-state index in [0.717, 1.165) is 16.7 Å². The Morgan fingerprint density at radius 1 is 1.45 bits per heavy atom. The van der Waals surface area contributed by atoms with Crippen LogP contribution < -0.4 is 10.5 Å². The molecule has 0 bridgehead atoms. The Hall–Kier alpha value is -2.22. The number of hydrogen-bond acceptors (Lipinski definition) is 6. The first-order chi connectivity index (χ1) is 9.70. The molecular formula is C12H15N5O2S. The van der Waals surface area contributed by atoms with Gasteiger partial charge in [-0.15, -0.1) is 10.2 Å². The molecule has 0 saturated heterocycles. The summed E-state index contributed by atoms with van der Waals surface area (Å²) in [6, 6.07) is 7.03. The Kier molecular flexibility index (Phi) is 4.83. The van der Waals surface area contributed by atoms with Crippen molar-refractivity contribution in [3.8, 4) is 5.75 Å². The molecule has 0 radical (unpaired) electrons. The lowest BCUT2D eigenvalue weighted by atomic mass is 10.2. The highest BCUT2D eigenvalue weighted by Gasteiger charge is 2.02. The second kappa shape index (κ2) is 6.80. The molecule has 0 saturated carbocycles. The fourth-order valence-corrected chi connectivity index (χ4v) is 2.18. The van der Waals surface area contributed by atoms with E-state index in [1.54, 1.807) is 42.4 Å². The molecule has 1 aromatic heterocycles. The lowest BCUT2D eigenvalue weighted by molar-refractivity contribution is 0.318. The van der Waals surface area contributed by atoms with Crippen LogP contribution in [0.25, 0.3) is 0 Å². The number of nitrogens with zero attached hydrogens (tertiary/aromatic N) is 4. The van der Waals surface area contributed by atoms with E-state index in [2.05, 4.69) is 15.4 Å². The zero-order chi connectivity index (χ0) is 14.4. The number of ether oxygens (including phenoxy) is 1. The van der Waals surface area contributed by atoms with Crippen LogP contribution in [0.3, 0.4) is 0 Å². The number of benzene rings is 1. The maximum Gasteiger partial charge on any atom is 0.190 e. The average molecular weight is 293 g/mol. The predicted molar refractivity (Wildman–Crippen MR) is 76.2 cm³/mol. The van der Waals surface area contributed by atoms with Crippen LogP contribution in [0.2, 0.25) is 0 Å². The van der Waals surface area contributed by atoms with E-state index in [-0.39, 0.29) is 5.84 Å². The molecule has 20 heavy (non-hydrogen) atoms. The molecule has 106 valence electrons. The molecule has 8 heteroatoms. The number of aryl methyl sites for hydroxylation is 1. The molecule has 0 spiro atoms. The zero-order valence-electron chi connectivity index (χ0n) is 10.9. The van der Waals surface area contributed by atoms with Gasteiger partial charge >= 0.3 is 0 Å². The van der Waals surface area contributed by atoms with Gasteiger partial charge < -0.3 is 20.2 Å². The van der Waals surface area contributed by atoms with Crippen molar-refractivity contribution < 1.29 is 9.94 Å². The Labute approximate surface area is 120 Å². The van der Waals surface area contributed by atoms with Crippen LogP contribution in [0, 0.1) is 0 Å². The summed E-state index contributed by atoms with van der Waals surface area (Å²) in [7, 11) is 1.90. The maximum atomic E-state index is 8.56. The standard InChI is InChI=1S/C12H15N5O2S/c1-17-8-14-15-12(17)20-7-6-19-10-4-2-9(3-5-10)11(13)16-18/h2-5,8,18H,6-7H2,1H3,(H2,13,16). The smallest absolute Gasteiger partial charge is 0.190 e. The molecule has 0 aliphatic rings. The van der Waals surface area contributed by atoms with E-state index in [1.165, 1.54) is 0 Å². The normalized spacial score (nSPS) is 11.6. The molecule has 0 aliphatic carbocycles. The molecule has 7 nitrogen and oxygen atoms in total. The number of oxime groups is 1. The van der Waals surface area contributed by atoms with Crippen LogP contribution >= 0.6 is 11.8 Å². The molecule has 3 N–H and O–H groups in total. The van der Waals surface area contributed by atoms with Crippen molar-refractivity contribution >= 4 is 17.6 Å². The number of nitrogens with two attached hydrogens (primary N) is 1. The number of thioether (sulfide) groups is 1. The highest BCUT2D eigenvalue weighted by Crippen LogP contribution is 2.15. The molecule has 0 unspecified atom stereocenters. The van der Waals surface area contributed by atoms with Gasteiger partial charge in [-0.2, -0.15) is 0 Å². The van der Waals surface area contributed by atoms with Crippen LogP contribution in [-0.4, -0.2) is 38.2 Å². The largest absolute Gasteiger partial charge is 0.493 e. The number of rotatable bonds is 6. The van der Waals surface area contributed by atoms with Crippen molar-refractivity contribution in [1.82, 2.24) is 14.8 Å². The van der Waals surface area contributed by atoms with Gasteiger partial charge in [-0.05, 0) is 24.3 Å². The molecule has 2 rings (SSSR count). The van der Waals surface area contributed by atoms with Crippen molar-refractivity contribution in [2.24, 2.45) is 17.9 Å². The predicted octanol–water partition coefficient (Wildman–Crippen LogP) is 1.08. The molecule has 0 aliphatic heterocycles. The third-order valence-corrected chi connectivity index (χ3v) is 3.51. The van der Waals surface area contributed by atoms with Crippen molar-refractivity contribution in [3.05, 3.63) is 36.2 Å². The number of aromatic nitrogens is 3. The summed E-state index contributed by atoms with van der Waals surface area (Å²) in [5.74, 6) is 1.58. The minimum absolute atomic E-state index is 0.0781. The fraction of sp³-hybridized carbons (Fsp3) is 0.250. The quantitative estimate of drug-likeness (QED) is 0.206. The maximum absolute atomic E-state index is 8.56. The summed E-state index contributed by atoms with van der Waals surface area (Å²) in [5, 5.41) is 20.1. The van der Waals surface area contributed by atoms with Gasteiger partial charge in [0.15, 0.2) is 11.0 Å². The Morgan fingerprint density at radius 3 is 2.80 bits per heavy atom. The van der Waals surface area contributed by atoms with Gasteiger partial charge in [0, 0.05) is 18.4 Å². The van der Waals surface area contributed by atoms with Gasteiger partial charge in [-0.25, -0.2) is 0 Å². The summed E-state index contributed by atoms with van der Waals surface area (Å²) >= 11 is 1.58. The molecule has 0 fully saturated rings. The van der Waals surface area contributed by atoms with Crippen LogP contribution in [0.4, 0.5) is 0 Å². The Balaban J connectivity index is 1.78. The third kappa shape index (κ3) is 3.64. The van der Waals surface area contributed by atoms with Gasteiger partial charge in [-0.3, -0.25) is 0 Å². The monoisotopic (exact) mass is 293 g/mol. The Morgan fingerprint density at radius 2 is 2.20 bits per heavy atom. The fourth-order valence-electron chi connectivity index (χ4n) is 1.48. The minimum Gasteiger partial charge on any atom is -0.493 e. The summed E-state index contributed by atoms with van der Waals surface area (Å²) < 4.78 is 7.45. The molecule has 1 heterocycles. The van der Waals surface area contributed by atoms with Crippen molar-refractivity contribution in [2.45, 2.75) is 5.16 Å². The van der Waals surface area contributed by atoms with E-state index >= 15 is 0 Å². The van der Waals surface area contributed by atoms with Gasteiger partial charge in [0.25, 0.3) is 0 Å². The van der Waals surface area contributed by atoms with Crippen LogP contribution in [0.5, 0.6) is 5.75 Å². The SMILES string of the molecule is Cn1cnnc1SCCOc1ccc(/C(N)=N/O)cc1. The summed E-state index contributed by atoms with van der Waals surface area (Å²) in [6.45, 7) is 0.556. The summed E-state index contributed by atoms with van der Waals surface area (Å²) in [6.07, 6.45) is 1.66. The lowest BCUT2D eigenvalue weighted by Crippen LogP contribution is -2.12. The van der Waals surface area contributed by atoms with Crippen LogP contribution in [-0.2, 0) is 7.05 Å². The summed E-state index contributed by atoms with van der Waals surface area (Å²) in [5.41, 5.74) is 6.12.